The van der Waals surface area contributed by atoms with E-state index in [-0.39, 0.29) is 11.8 Å². The van der Waals surface area contributed by atoms with Crippen molar-refractivity contribution in [3.8, 4) is 0 Å². The second-order valence-corrected chi connectivity index (χ2v) is 5.66. The standard InChI is InChI=1S/C16H23N3O2/c1-11-3-4-14(18-12(2)20)10-15(11)19-16(21)9-13-5-7-17-8-6-13/h3-4,10,13,17H,5-9H2,1-2H3,(H,18,20)(H,19,21). The van der Waals surface area contributed by atoms with Gasteiger partial charge in [-0.15, -0.1) is 0 Å². The van der Waals surface area contributed by atoms with Crippen molar-refractivity contribution in [3.05, 3.63) is 23.8 Å². The van der Waals surface area contributed by atoms with Crippen LogP contribution < -0.4 is 16.0 Å². The van der Waals surface area contributed by atoms with Gasteiger partial charge >= 0.3 is 0 Å². The zero-order chi connectivity index (χ0) is 15.2. The van der Waals surface area contributed by atoms with E-state index in [9.17, 15) is 9.59 Å². The molecule has 0 aliphatic carbocycles. The molecule has 21 heavy (non-hydrogen) atoms. The summed E-state index contributed by atoms with van der Waals surface area (Å²) in [5.74, 6) is 0.390. The van der Waals surface area contributed by atoms with E-state index >= 15 is 0 Å². The maximum atomic E-state index is 12.1. The normalized spacial score (nSPS) is 15.5. The predicted molar refractivity (Wildman–Crippen MR) is 84.3 cm³/mol. The zero-order valence-corrected chi connectivity index (χ0v) is 12.7. The molecular formula is C16H23N3O2. The van der Waals surface area contributed by atoms with Gasteiger partial charge in [0.2, 0.25) is 11.8 Å². The minimum absolute atomic E-state index is 0.0463. The minimum atomic E-state index is -0.120. The smallest absolute Gasteiger partial charge is 0.224 e. The van der Waals surface area contributed by atoms with Gasteiger partial charge in [0.15, 0.2) is 0 Å². The van der Waals surface area contributed by atoms with Gasteiger partial charge in [-0.2, -0.15) is 0 Å². The first kappa shape index (κ1) is 15.5. The van der Waals surface area contributed by atoms with Crippen molar-refractivity contribution < 1.29 is 9.59 Å². The van der Waals surface area contributed by atoms with Crippen molar-refractivity contribution in [3.63, 3.8) is 0 Å². The van der Waals surface area contributed by atoms with Crippen molar-refractivity contribution in [2.75, 3.05) is 23.7 Å². The number of rotatable bonds is 4. The number of carbonyl (C=O) groups excluding carboxylic acids is 2. The second kappa shape index (κ2) is 7.22. The molecule has 1 fully saturated rings. The van der Waals surface area contributed by atoms with Crippen molar-refractivity contribution in [1.82, 2.24) is 5.32 Å². The highest BCUT2D eigenvalue weighted by Gasteiger charge is 2.17. The molecule has 1 aromatic rings. The van der Waals surface area contributed by atoms with Crippen LogP contribution in [-0.4, -0.2) is 24.9 Å². The van der Waals surface area contributed by atoms with Gasteiger partial charge in [0, 0.05) is 24.7 Å². The molecule has 0 unspecified atom stereocenters. The summed E-state index contributed by atoms with van der Waals surface area (Å²) in [6, 6.07) is 5.53. The summed E-state index contributed by atoms with van der Waals surface area (Å²) in [6.07, 6.45) is 2.67. The largest absolute Gasteiger partial charge is 0.326 e. The van der Waals surface area contributed by atoms with Crippen LogP contribution in [0.1, 0.15) is 31.7 Å². The summed E-state index contributed by atoms with van der Waals surface area (Å²) >= 11 is 0. The van der Waals surface area contributed by atoms with Crippen LogP contribution in [-0.2, 0) is 9.59 Å². The lowest BCUT2D eigenvalue weighted by Crippen LogP contribution is -2.30. The minimum Gasteiger partial charge on any atom is -0.326 e. The lowest BCUT2D eigenvalue weighted by Gasteiger charge is -2.22. The van der Waals surface area contributed by atoms with E-state index in [4.69, 9.17) is 0 Å². The van der Waals surface area contributed by atoms with Crippen molar-refractivity contribution >= 4 is 23.2 Å². The summed E-state index contributed by atoms with van der Waals surface area (Å²) in [6.45, 7) is 5.40. The van der Waals surface area contributed by atoms with Crippen LogP contribution >= 0.6 is 0 Å². The van der Waals surface area contributed by atoms with Crippen LogP contribution in [0.25, 0.3) is 0 Å². The average Bonchev–Trinajstić information content (AvgIpc) is 2.43. The Morgan fingerprint density at radius 1 is 1.24 bits per heavy atom. The molecule has 0 saturated carbocycles. The number of nitrogens with one attached hydrogen (secondary N) is 3. The average molecular weight is 289 g/mol. The number of anilines is 2. The van der Waals surface area contributed by atoms with Gasteiger partial charge in [-0.25, -0.2) is 0 Å². The molecule has 1 aromatic carbocycles. The fourth-order valence-electron chi connectivity index (χ4n) is 2.59. The fourth-order valence-corrected chi connectivity index (χ4v) is 2.59. The highest BCUT2D eigenvalue weighted by molar-refractivity contribution is 5.94. The van der Waals surface area contributed by atoms with Gasteiger partial charge in [-0.3, -0.25) is 9.59 Å². The summed E-state index contributed by atoms with van der Waals surface area (Å²) in [5, 5.41) is 8.99. The van der Waals surface area contributed by atoms with E-state index in [0.717, 1.165) is 37.2 Å². The summed E-state index contributed by atoms with van der Waals surface area (Å²) in [4.78, 5) is 23.2. The molecule has 114 valence electrons. The molecule has 1 saturated heterocycles. The Balaban J connectivity index is 1.97. The molecule has 1 heterocycles. The van der Waals surface area contributed by atoms with Gasteiger partial charge in [-0.05, 0) is 56.5 Å². The van der Waals surface area contributed by atoms with E-state index in [1.54, 1.807) is 6.07 Å². The van der Waals surface area contributed by atoms with Crippen LogP contribution in [0.4, 0.5) is 11.4 Å². The zero-order valence-electron chi connectivity index (χ0n) is 12.7. The molecule has 0 bridgehead atoms. The number of amides is 2. The first-order valence-electron chi connectivity index (χ1n) is 7.43. The number of aryl methyl sites for hydroxylation is 1. The summed E-state index contributed by atoms with van der Waals surface area (Å²) < 4.78 is 0. The number of hydrogen-bond acceptors (Lipinski definition) is 3. The van der Waals surface area contributed by atoms with Crippen molar-refractivity contribution in [1.29, 1.82) is 0 Å². The molecule has 1 aliphatic heterocycles. The van der Waals surface area contributed by atoms with E-state index < -0.39 is 0 Å². The van der Waals surface area contributed by atoms with Crippen LogP contribution in [0.5, 0.6) is 0 Å². The first-order valence-corrected chi connectivity index (χ1v) is 7.43. The number of benzene rings is 1. The molecule has 0 aromatic heterocycles. The Labute approximate surface area is 125 Å². The van der Waals surface area contributed by atoms with E-state index in [1.165, 1.54) is 6.92 Å². The quantitative estimate of drug-likeness (QED) is 0.796. The molecular weight excluding hydrogens is 266 g/mol. The van der Waals surface area contributed by atoms with Gasteiger partial charge < -0.3 is 16.0 Å². The molecule has 3 N–H and O–H groups in total. The Kier molecular flexibility index (Phi) is 5.33. The maximum absolute atomic E-state index is 12.1. The Morgan fingerprint density at radius 2 is 1.95 bits per heavy atom. The summed E-state index contributed by atoms with van der Waals surface area (Å²) in [5.41, 5.74) is 2.45. The number of carbonyl (C=O) groups is 2. The molecule has 2 rings (SSSR count). The lowest BCUT2D eigenvalue weighted by molar-refractivity contribution is -0.117. The second-order valence-electron chi connectivity index (χ2n) is 5.66. The highest BCUT2D eigenvalue weighted by Crippen LogP contribution is 2.22. The highest BCUT2D eigenvalue weighted by atomic mass is 16.2. The third-order valence-electron chi connectivity index (χ3n) is 3.76. The lowest BCUT2D eigenvalue weighted by atomic mass is 9.94. The first-order chi connectivity index (χ1) is 10.0. The maximum Gasteiger partial charge on any atom is 0.224 e. The third kappa shape index (κ3) is 4.86. The molecule has 5 nitrogen and oxygen atoms in total. The Bertz CT molecular complexity index is 522. The van der Waals surface area contributed by atoms with Crippen LogP contribution in [0.15, 0.2) is 18.2 Å². The SMILES string of the molecule is CC(=O)Nc1ccc(C)c(NC(=O)CC2CCNCC2)c1. The van der Waals surface area contributed by atoms with Gasteiger partial charge in [-0.1, -0.05) is 6.07 Å². The molecule has 0 spiro atoms. The fraction of sp³-hybridized carbons (Fsp3) is 0.500. The number of hydrogen-bond donors (Lipinski definition) is 3. The molecule has 2 amide bonds. The van der Waals surface area contributed by atoms with Crippen molar-refractivity contribution in [2.45, 2.75) is 33.1 Å². The van der Waals surface area contributed by atoms with Gasteiger partial charge in [0.1, 0.15) is 0 Å². The monoisotopic (exact) mass is 289 g/mol. The molecule has 5 heteroatoms. The molecule has 0 radical (unpaired) electrons. The van der Waals surface area contributed by atoms with Gasteiger partial charge in [0.05, 0.1) is 0 Å². The van der Waals surface area contributed by atoms with Crippen LogP contribution in [0.3, 0.4) is 0 Å². The van der Waals surface area contributed by atoms with Crippen molar-refractivity contribution in [2.24, 2.45) is 5.92 Å². The Hall–Kier alpha value is -1.88. The third-order valence-corrected chi connectivity index (χ3v) is 3.76. The van der Waals surface area contributed by atoms with Crippen LogP contribution in [0, 0.1) is 12.8 Å². The number of piperidine rings is 1. The predicted octanol–water partition coefficient (Wildman–Crippen LogP) is 2.28. The molecule has 1 aliphatic rings. The Morgan fingerprint density at radius 3 is 2.62 bits per heavy atom. The molecule has 0 atom stereocenters. The van der Waals surface area contributed by atoms with E-state index in [0.29, 0.717) is 18.0 Å². The van der Waals surface area contributed by atoms with Crippen LogP contribution in [0.2, 0.25) is 0 Å². The summed E-state index contributed by atoms with van der Waals surface area (Å²) in [7, 11) is 0. The topological polar surface area (TPSA) is 70.2 Å². The van der Waals surface area contributed by atoms with Gasteiger partial charge in [0.25, 0.3) is 0 Å². The van der Waals surface area contributed by atoms with E-state index in [1.807, 2.05) is 19.1 Å². The van der Waals surface area contributed by atoms with E-state index in [2.05, 4.69) is 16.0 Å².